The highest BCUT2D eigenvalue weighted by molar-refractivity contribution is 5.96. The van der Waals surface area contributed by atoms with Gasteiger partial charge in [-0.1, -0.05) is 47.6 Å². The van der Waals surface area contributed by atoms with Crippen molar-refractivity contribution >= 4 is 29.5 Å². The SMILES string of the molecule is N#Cc1ccccc1-c1ccc(NC(=O)[C@@H]2C[C@@H]2c2cccc(N)c2C=NO)cc1.O=C(O)C(F)(F)F. The minimum absolute atomic E-state index is 0.0447. The molecule has 0 spiro atoms. The zero-order chi connectivity index (χ0) is 27.2. The van der Waals surface area contributed by atoms with Gasteiger partial charge in [0.25, 0.3) is 0 Å². The molecule has 2 atom stereocenters. The molecule has 0 aromatic heterocycles. The number of carbonyl (C=O) groups excluding carboxylic acids is 1. The lowest BCUT2D eigenvalue weighted by Gasteiger charge is -2.09. The maximum Gasteiger partial charge on any atom is 0.490 e. The van der Waals surface area contributed by atoms with E-state index in [1.54, 1.807) is 12.1 Å². The van der Waals surface area contributed by atoms with Crippen LogP contribution in [0, 0.1) is 17.2 Å². The summed E-state index contributed by atoms with van der Waals surface area (Å²) in [5.74, 6) is -2.92. The summed E-state index contributed by atoms with van der Waals surface area (Å²) in [5, 5.41) is 31.3. The average molecular weight is 510 g/mol. The van der Waals surface area contributed by atoms with Crippen molar-refractivity contribution in [1.29, 1.82) is 5.26 Å². The number of benzene rings is 3. The van der Waals surface area contributed by atoms with Gasteiger partial charge in [-0.3, -0.25) is 4.79 Å². The Morgan fingerprint density at radius 3 is 2.32 bits per heavy atom. The highest BCUT2D eigenvalue weighted by Gasteiger charge is 2.45. The van der Waals surface area contributed by atoms with E-state index >= 15 is 0 Å². The maximum atomic E-state index is 12.7. The van der Waals surface area contributed by atoms with Gasteiger partial charge in [-0.05, 0) is 53.3 Å². The minimum atomic E-state index is -5.08. The van der Waals surface area contributed by atoms with Crippen LogP contribution in [0.2, 0.25) is 0 Å². The average Bonchev–Trinajstić information content (AvgIpc) is 3.67. The zero-order valence-electron chi connectivity index (χ0n) is 19.1. The molecule has 1 aliphatic carbocycles. The number of nitrogen functional groups attached to an aromatic ring is 1. The molecule has 3 aromatic carbocycles. The lowest BCUT2D eigenvalue weighted by Crippen LogP contribution is -2.21. The zero-order valence-corrected chi connectivity index (χ0v) is 19.1. The van der Waals surface area contributed by atoms with Gasteiger partial charge in [0, 0.05) is 22.9 Å². The number of oxime groups is 1. The van der Waals surface area contributed by atoms with Gasteiger partial charge >= 0.3 is 12.1 Å². The summed E-state index contributed by atoms with van der Waals surface area (Å²) in [7, 11) is 0. The molecule has 1 fully saturated rings. The topological polar surface area (TPSA) is 149 Å². The number of nitrogens with zero attached hydrogens (tertiary/aromatic N) is 2. The van der Waals surface area contributed by atoms with Crippen molar-refractivity contribution in [2.45, 2.75) is 18.5 Å². The number of amides is 1. The largest absolute Gasteiger partial charge is 0.490 e. The summed E-state index contributed by atoms with van der Waals surface area (Å²) in [5.41, 5.74) is 11.2. The molecule has 3 aromatic rings. The molecule has 0 heterocycles. The second-order valence-electron chi connectivity index (χ2n) is 8.07. The van der Waals surface area contributed by atoms with Gasteiger partial charge in [-0.25, -0.2) is 4.79 Å². The number of carboxylic acid groups (broad SMARTS) is 1. The van der Waals surface area contributed by atoms with Gasteiger partial charge in [0.2, 0.25) is 5.91 Å². The van der Waals surface area contributed by atoms with Gasteiger partial charge < -0.3 is 21.4 Å². The summed E-state index contributed by atoms with van der Waals surface area (Å²) in [6, 6.07) is 22.6. The van der Waals surface area contributed by atoms with E-state index in [-0.39, 0.29) is 17.7 Å². The first-order chi connectivity index (χ1) is 17.6. The van der Waals surface area contributed by atoms with Gasteiger partial charge in [-0.2, -0.15) is 18.4 Å². The van der Waals surface area contributed by atoms with E-state index in [1.807, 2.05) is 54.6 Å². The molecule has 5 N–H and O–H groups in total. The number of nitrogens with two attached hydrogens (primary N) is 1. The Kier molecular flexibility index (Phi) is 8.14. The van der Waals surface area contributed by atoms with Gasteiger partial charge in [-0.15, -0.1) is 0 Å². The summed E-state index contributed by atoms with van der Waals surface area (Å²) >= 11 is 0. The van der Waals surface area contributed by atoms with Crippen molar-refractivity contribution in [2.24, 2.45) is 11.1 Å². The van der Waals surface area contributed by atoms with Crippen molar-refractivity contribution in [3.63, 3.8) is 0 Å². The standard InChI is InChI=1S/C24H20N4O2.C2HF3O2/c25-13-16-4-1-2-5-18(16)15-8-10-17(11-9-15)28-24(29)21-12-20(21)19-6-3-7-23(26)22(19)14-27-30;3-2(4,5)1(6)7/h1-11,14,20-21,30H,12,26H2,(H,28,29);(H,6,7)/t20-,21-;/m1./s1. The molecular weight excluding hydrogens is 489 g/mol. The molecule has 1 amide bonds. The van der Waals surface area contributed by atoms with Crippen molar-refractivity contribution in [1.82, 2.24) is 0 Å². The molecule has 1 saturated carbocycles. The van der Waals surface area contributed by atoms with Crippen LogP contribution in [0.1, 0.15) is 29.0 Å². The fourth-order valence-corrected chi connectivity index (χ4v) is 3.76. The van der Waals surface area contributed by atoms with Crippen LogP contribution in [0.4, 0.5) is 24.5 Å². The van der Waals surface area contributed by atoms with Crippen LogP contribution in [0.25, 0.3) is 11.1 Å². The van der Waals surface area contributed by atoms with E-state index in [9.17, 15) is 23.2 Å². The molecule has 8 nitrogen and oxygen atoms in total. The first kappa shape index (κ1) is 26.7. The third kappa shape index (κ3) is 6.64. The predicted molar refractivity (Wildman–Crippen MR) is 130 cm³/mol. The smallest absolute Gasteiger partial charge is 0.475 e. The molecule has 0 aliphatic heterocycles. The third-order valence-electron chi connectivity index (χ3n) is 5.64. The number of hydrogen-bond donors (Lipinski definition) is 4. The normalized spacial score (nSPS) is 16.3. The van der Waals surface area contributed by atoms with Crippen LogP contribution < -0.4 is 11.1 Å². The molecule has 190 valence electrons. The van der Waals surface area contributed by atoms with Crippen LogP contribution in [-0.4, -0.2) is 34.6 Å². The number of alkyl halides is 3. The second kappa shape index (κ2) is 11.3. The second-order valence-corrected chi connectivity index (χ2v) is 8.07. The van der Waals surface area contributed by atoms with Crippen molar-refractivity contribution in [2.75, 3.05) is 11.1 Å². The van der Waals surface area contributed by atoms with E-state index < -0.39 is 12.1 Å². The highest BCUT2D eigenvalue weighted by Crippen LogP contribution is 2.49. The maximum absolute atomic E-state index is 12.7. The Morgan fingerprint density at radius 2 is 1.73 bits per heavy atom. The molecule has 11 heteroatoms. The van der Waals surface area contributed by atoms with E-state index in [0.29, 0.717) is 22.5 Å². The van der Waals surface area contributed by atoms with Gasteiger partial charge in [0.15, 0.2) is 0 Å². The monoisotopic (exact) mass is 510 g/mol. The number of carbonyl (C=O) groups is 2. The van der Waals surface area contributed by atoms with E-state index in [4.69, 9.17) is 20.8 Å². The molecular formula is C26H21F3N4O4. The minimum Gasteiger partial charge on any atom is -0.475 e. The lowest BCUT2D eigenvalue weighted by atomic mass is 10.00. The number of nitrogens with one attached hydrogen (secondary N) is 1. The van der Waals surface area contributed by atoms with E-state index in [1.165, 1.54) is 6.21 Å². The molecule has 0 unspecified atom stereocenters. The summed E-state index contributed by atoms with van der Waals surface area (Å²) in [6.45, 7) is 0. The van der Waals surface area contributed by atoms with Crippen molar-refractivity contribution < 1.29 is 33.1 Å². The Hall–Kier alpha value is -4.85. The predicted octanol–water partition coefficient (Wildman–Crippen LogP) is 4.99. The first-order valence-electron chi connectivity index (χ1n) is 10.8. The third-order valence-corrected chi connectivity index (χ3v) is 5.64. The van der Waals surface area contributed by atoms with Crippen molar-refractivity contribution in [3.8, 4) is 17.2 Å². The lowest BCUT2D eigenvalue weighted by molar-refractivity contribution is -0.192. The van der Waals surface area contributed by atoms with Gasteiger partial charge in [0.05, 0.1) is 17.8 Å². The van der Waals surface area contributed by atoms with Crippen LogP contribution in [0.15, 0.2) is 71.9 Å². The fraction of sp³-hybridized carbons (Fsp3) is 0.154. The quantitative estimate of drug-likeness (QED) is 0.164. The van der Waals surface area contributed by atoms with Crippen molar-refractivity contribution in [3.05, 3.63) is 83.4 Å². The Morgan fingerprint density at radius 1 is 1.08 bits per heavy atom. The number of aliphatic carboxylic acids is 1. The van der Waals surface area contributed by atoms with Crippen LogP contribution in [-0.2, 0) is 9.59 Å². The summed E-state index contributed by atoms with van der Waals surface area (Å²) < 4.78 is 31.7. The Balaban J connectivity index is 0.000000479. The number of anilines is 2. The highest BCUT2D eigenvalue weighted by atomic mass is 19.4. The first-order valence-corrected chi connectivity index (χ1v) is 10.8. The fourth-order valence-electron chi connectivity index (χ4n) is 3.76. The Labute approximate surface area is 209 Å². The summed E-state index contributed by atoms with van der Waals surface area (Å²) in [6.07, 6.45) is -3.05. The van der Waals surface area contributed by atoms with E-state index in [2.05, 4.69) is 16.5 Å². The molecule has 0 saturated heterocycles. The Bertz CT molecular complexity index is 1370. The van der Waals surface area contributed by atoms with E-state index in [0.717, 1.165) is 23.1 Å². The number of halogens is 3. The van der Waals surface area contributed by atoms with Crippen LogP contribution in [0.3, 0.4) is 0 Å². The number of carboxylic acids is 1. The number of hydrogen-bond acceptors (Lipinski definition) is 6. The molecule has 0 radical (unpaired) electrons. The van der Waals surface area contributed by atoms with Crippen LogP contribution in [0.5, 0.6) is 0 Å². The molecule has 37 heavy (non-hydrogen) atoms. The van der Waals surface area contributed by atoms with Crippen LogP contribution >= 0.6 is 0 Å². The molecule has 1 aliphatic rings. The number of rotatable bonds is 5. The summed E-state index contributed by atoms with van der Waals surface area (Å²) in [4.78, 5) is 21.6. The number of nitriles is 1. The molecule has 4 rings (SSSR count). The van der Waals surface area contributed by atoms with Gasteiger partial charge in [0.1, 0.15) is 0 Å². The molecule has 0 bridgehead atoms.